The normalized spacial score (nSPS) is 11.6. The number of aryl methyl sites for hydroxylation is 1. The fourth-order valence-corrected chi connectivity index (χ4v) is 1.79. The van der Waals surface area contributed by atoms with Crippen LogP contribution in [0.15, 0.2) is 23.3 Å². The first kappa shape index (κ1) is 16.9. The van der Waals surface area contributed by atoms with Crippen molar-refractivity contribution in [1.82, 2.24) is 5.32 Å². The maximum atomic E-state index is 13.6. The van der Waals surface area contributed by atoms with Crippen molar-refractivity contribution in [1.29, 1.82) is 0 Å². The number of rotatable bonds is 8. The highest BCUT2D eigenvalue weighted by Gasteiger charge is 2.21. The average molecular weight is 294 g/mol. The molecule has 114 valence electrons. The molecule has 1 atom stereocenters. The van der Waals surface area contributed by atoms with Crippen LogP contribution in [0.3, 0.4) is 0 Å². The van der Waals surface area contributed by atoms with Gasteiger partial charge in [-0.15, -0.1) is 0 Å². The molecule has 0 aromatic heterocycles. The van der Waals surface area contributed by atoms with E-state index < -0.39 is 12.0 Å². The number of esters is 1. The summed E-state index contributed by atoms with van der Waals surface area (Å²) in [7, 11) is 0. The molecule has 0 saturated heterocycles. The first-order valence-corrected chi connectivity index (χ1v) is 6.77. The van der Waals surface area contributed by atoms with E-state index in [4.69, 9.17) is 10.3 Å². The summed E-state index contributed by atoms with van der Waals surface area (Å²) >= 11 is 0. The molecule has 6 nitrogen and oxygen atoms in total. The molecule has 0 bridgehead atoms. The van der Waals surface area contributed by atoms with Crippen LogP contribution in [0, 0.1) is 12.7 Å². The standard InChI is InChI=1S/C14H19FN4O2/c1-3-21-14(20)13(17-7-4-8-18-19-16)11-6-5-10(2)12(15)9-11/h5-6,9,13,17H,3-4,7-8H2,1-2H3. The van der Waals surface area contributed by atoms with Crippen molar-refractivity contribution in [2.75, 3.05) is 19.7 Å². The maximum absolute atomic E-state index is 13.6. The molecule has 0 aliphatic heterocycles. The monoisotopic (exact) mass is 294 g/mol. The molecule has 1 N–H and O–H groups in total. The summed E-state index contributed by atoms with van der Waals surface area (Å²) in [5.74, 6) is -0.817. The topological polar surface area (TPSA) is 87.1 Å². The number of carbonyl (C=O) groups excluding carboxylic acids is 1. The maximum Gasteiger partial charge on any atom is 0.327 e. The molecule has 1 aromatic rings. The number of benzene rings is 1. The van der Waals surface area contributed by atoms with Crippen molar-refractivity contribution in [3.8, 4) is 0 Å². The van der Waals surface area contributed by atoms with Crippen molar-refractivity contribution >= 4 is 5.97 Å². The number of ether oxygens (including phenoxy) is 1. The predicted molar refractivity (Wildman–Crippen MR) is 77.1 cm³/mol. The van der Waals surface area contributed by atoms with Crippen LogP contribution in [0.5, 0.6) is 0 Å². The van der Waals surface area contributed by atoms with Gasteiger partial charge >= 0.3 is 5.97 Å². The quantitative estimate of drug-likeness (QED) is 0.263. The zero-order valence-corrected chi connectivity index (χ0v) is 12.2. The lowest BCUT2D eigenvalue weighted by Gasteiger charge is -2.18. The fourth-order valence-electron chi connectivity index (χ4n) is 1.79. The van der Waals surface area contributed by atoms with E-state index >= 15 is 0 Å². The molecule has 1 rings (SSSR count). The minimum atomic E-state index is -0.730. The van der Waals surface area contributed by atoms with Crippen LogP contribution in [0.25, 0.3) is 10.4 Å². The summed E-state index contributed by atoms with van der Waals surface area (Å²) in [5, 5.41) is 6.41. The number of hydrogen-bond donors (Lipinski definition) is 1. The van der Waals surface area contributed by atoms with Gasteiger partial charge in [-0.1, -0.05) is 17.2 Å². The predicted octanol–water partition coefficient (Wildman–Crippen LogP) is 3.03. The van der Waals surface area contributed by atoms with Gasteiger partial charge in [-0.3, -0.25) is 0 Å². The number of hydrogen-bond acceptors (Lipinski definition) is 4. The lowest BCUT2D eigenvalue weighted by atomic mass is 10.0. The van der Waals surface area contributed by atoms with Crippen LogP contribution >= 0.6 is 0 Å². The van der Waals surface area contributed by atoms with E-state index in [9.17, 15) is 9.18 Å². The highest BCUT2D eigenvalue weighted by Crippen LogP contribution is 2.18. The summed E-state index contributed by atoms with van der Waals surface area (Å²) in [6.07, 6.45) is 0.578. The minimum absolute atomic E-state index is 0.254. The summed E-state index contributed by atoms with van der Waals surface area (Å²) < 4.78 is 18.6. The highest BCUT2D eigenvalue weighted by molar-refractivity contribution is 5.77. The lowest BCUT2D eigenvalue weighted by molar-refractivity contribution is -0.145. The second-order valence-electron chi connectivity index (χ2n) is 4.46. The Morgan fingerprint density at radius 3 is 2.95 bits per heavy atom. The van der Waals surface area contributed by atoms with Crippen LogP contribution in [-0.4, -0.2) is 25.7 Å². The Bertz CT molecular complexity index is 530. The van der Waals surface area contributed by atoms with Gasteiger partial charge in [0.15, 0.2) is 0 Å². The Kier molecular flexibility index (Phi) is 7.21. The van der Waals surface area contributed by atoms with Crippen LogP contribution in [0.1, 0.15) is 30.5 Å². The summed E-state index contributed by atoms with van der Waals surface area (Å²) in [6.45, 7) is 4.42. The first-order valence-electron chi connectivity index (χ1n) is 6.77. The molecular weight excluding hydrogens is 275 g/mol. The number of azide groups is 1. The Labute approximate surface area is 122 Å². The Morgan fingerprint density at radius 2 is 2.33 bits per heavy atom. The van der Waals surface area contributed by atoms with Crippen molar-refractivity contribution in [3.63, 3.8) is 0 Å². The van der Waals surface area contributed by atoms with E-state index in [2.05, 4.69) is 15.3 Å². The molecule has 0 spiro atoms. The summed E-state index contributed by atoms with van der Waals surface area (Å²) in [6, 6.07) is 3.92. The Balaban J connectivity index is 2.78. The minimum Gasteiger partial charge on any atom is -0.465 e. The van der Waals surface area contributed by atoms with Crippen molar-refractivity contribution in [3.05, 3.63) is 45.6 Å². The Hall–Kier alpha value is -2.11. The molecule has 0 aliphatic rings. The van der Waals surface area contributed by atoms with E-state index in [-0.39, 0.29) is 12.4 Å². The van der Waals surface area contributed by atoms with E-state index in [1.54, 1.807) is 26.0 Å². The number of nitrogens with one attached hydrogen (secondary N) is 1. The van der Waals surface area contributed by atoms with Gasteiger partial charge in [0.1, 0.15) is 11.9 Å². The van der Waals surface area contributed by atoms with E-state index in [0.29, 0.717) is 30.6 Å². The van der Waals surface area contributed by atoms with Gasteiger partial charge in [0.05, 0.1) is 6.61 Å². The molecule has 0 amide bonds. The third kappa shape index (κ3) is 5.41. The van der Waals surface area contributed by atoms with E-state index in [0.717, 1.165) is 0 Å². The Morgan fingerprint density at radius 1 is 1.57 bits per heavy atom. The van der Waals surface area contributed by atoms with Crippen molar-refractivity contribution in [2.45, 2.75) is 26.3 Å². The number of carbonyl (C=O) groups is 1. The first-order chi connectivity index (χ1) is 10.1. The van der Waals surface area contributed by atoms with Gasteiger partial charge in [0.2, 0.25) is 0 Å². The van der Waals surface area contributed by atoms with Crippen LogP contribution in [0.2, 0.25) is 0 Å². The van der Waals surface area contributed by atoms with Gasteiger partial charge < -0.3 is 10.1 Å². The SMILES string of the molecule is CCOC(=O)C(NCCCN=[N+]=[N-])c1ccc(C)c(F)c1. The number of halogens is 1. The zero-order valence-electron chi connectivity index (χ0n) is 12.2. The molecular formula is C14H19FN4O2. The molecule has 1 aromatic carbocycles. The molecule has 21 heavy (non-hydrogen) atoms. The summed E-state index contributed by atoms with van der Waals surface area (Å²) in [4.78, 5) is 14.6. The molecule has 0 aliphatic carbocycles. The molecule has 0 radical (unpaired) electrons. The molecule has 0 fully saturated rings. The average Bonchev–Trinajstić information content (AvgIpc) is 2.46. The second kappa shape index (κ2) is 8.94. The second-order valence-corrected chi connectivity index (χ2v) is 4.46. The molecule has 1 unspecified atom stereocenters. The van der Waals surface area contributed by atoms with Crippen LogP contribution in [0.4, 0.5) is 4.39 Å². The molecule has 0 heterocycles. The smallest absolute Gasteiger partial charge is 0.327 e. The van der Waals surface area contributed by atoms with Gasteiger partial charge in [0, 0.05) is 11.5 Å². The zero-order chi connectivity index (χ0) is 15.7. The van der Waals surface area contributed by atoms with Gasteiger partial charge in [-0.05, 0) is 49.5 Å². The third-order valence-electron chi connectivity index (χ3n) is 2.90. The van der Waals surface area contributed by atoms with Crippen LogP contribution < -0.4 is 5.32 Å². The van der Waals surface area contributed by atoms with Crippen molar-refractivity contribution in [2.24, 2.45) is 5.11 Å². The lowest BCUT2D eigenvalue weighted by Crippen LogP contribution is -2.31. The van der Waals surface area contributed by atoms with Gasteiger partial charge in [0.25, 0.3) is 0 Å². The summed E-state index contributed by atoms with van der Waals surface area (Å²) in [5.41, 5.74) is 9.22. The van der Waals surface area contributed by atoms with E-state index in [1.165, 1.54) is 6.07 Å². The number of nitrogens with zero attached hydrogens (tertiary/aromatic N) is 3. The highest BCUT2D eigenvalue weighted by atomic mass is 19.1. The molecule has 7 heteroatoms. The van der Waals surface area contributed by atoms with Gasteiger partial charge in [-0.25, -0.2) is 9.18 Å². The largest absolute Gasteiger partial charge is 0.465 e. The van der Waals surface area contributed by atoms with Crippen LogP contribution in [-0.2, 0) is 9.53 Å². The van der Waals surface area contributed by atoms with Crippen molar-refractivity contribution < 1.29 is 13.9 Å². The third-order valence-corrected chi connectivity index (χ3v) is 2.90. The van der Waals surface area contributed by atoms with E-state index in [1.807, 2.05) is 0 Å². The van der Waals surface area contributed by atoms with Gasteiger partial charge in [-0.2, -0.15) is 0 Å². The fraction of sp³-hybridized carbons (Fsp3) is 0.500. The molecule has 0 saturated carbocycles.